The second-order valence-corrected chi connectivity index (χ2v) is 4.07. The second kappa shape index (κ2) is 5.21. The topological polar surface area (TPSA) is 53.1 Å². The molecule has 1 heterocycles. The van der Waals surface area contributed by atoms with Crippen molar-refractivity contribution in [3.05, 3.63) is 47.2 Å². The number of halogens is 1. The van der Waals surface area contributed by atoms with Crippen LogP contribution < -0.4 is 10.5 Å². The third kappa shape index (κ3) is 2.43. The minimum Gasteiger partial charge on any atom is -0.496 e. The molecule has 0 aliphatic carbocycles. The van der Waals surface area contributed by atoms with Crippen molar-refractivity contribution in [2.24, 2.45) is 5.73 Å². The van der Waals surface area contributed by atoms with Gasteiger partial charge in [0, 0.05) is 18.3 Å². The van der Waals surface area contributed by atoms with E-state index in [9.17, 15) is 0 Å². The number of hydrogen-bond donors (Lipinski definition) is 1. The highest BCUT2D eigenvalue weighted by atomic mass is 35.5. The number of nitrogens with two attached hydrogens (primary N) is 1. The number of para-hydroxylation sites is 1. The van der Waals surface area contributed by atoms with Gasteiger partial charge in [-0.05, 0) is 6.07 Å². The lowest BCUT2D eigenvalue weighted by atomic mass is 10.1. The lowest BCUT2D eigenvalue weighted by Gasteiger charge is -2.18. The van der Waals surface area contributed by atoms with E-state index in [0.29, 0.717) is 11.6 Å². The lowest BCUT2D eigenvalue weighted by Crippen LogP contribution is -2.21. The van der Waals surface area contributed by atoms with Gasteiger partial charge >= 0.3 is 0 Å². The molecule has 0 saturated heterocycles. The maximum atomic E-state index is 5.87. The van der Waals surface area contributed by atoms with Crippen LogP contribution in [0.4, 0.5) is 0 Å². The van der Waals surface area contributed by atoms with E-state index in [0.717, 1.165) is 11.3 Å². The van der Waals surface area contributed by atoms with Crippen molar-refractivity contribution in [1.29, 1.82) is 0 Å². The molecule has 0 radical (unpaired) electrons. The molecule has 0 aliphatic heterocycles. The fourth-order valence-corrected chi connectivity index (χ4v) is 1.95. The summed E-state index contributed by atoms with van der Waals surface area (Å²) in [5.74, 6) is 0.801. The fourth-order valence-electron chi connectivity index (χ4n) is 1.80. The monoisotopic (exact) mass is 251 g/mol. The van der Waals surface area contributed by atoms with Crippen LogP contribution in [0, 0.1) is 0 Å². The van der Waals surface area contributed by atoms with Crippen LogP contribution in [0.2, 0.25) is 5.02 Å². The van der Waals surface area contributed by atoms with Crippen molar-refractivity contribution < 1.29 is 4.74 Å². The van der Waals surface area contributed by atoms with Gasteiger partial charge in [0.1, 0.15) is 5.75 Å². The summed E-state index contributed by atoms with van der Waals surface area (Å²) < 4.78 is 7.08. The first kappa shape index (κ1) is 12.0. The summed E-state index contributed by atoms with van der Waals surface area (Å²) in [6.45, 7) is 0.429. The maximum absolute atomic E-state index is 5.87. The normalized spacial score (nSPS) is 12.4. The van der Waals surface area contributed by atoms with Gasteiger partial charge in [-0.15, -0.1) is 0 Å². The smallest absolute Gasteiger partial charge is 0.124 e. The van der Waals surface area contributed by atoms with Crippen LogP contribution in [0.3, 0.4) is 0 Å². The van der Waals surface area contributed by atoms with E-state index in [4.69, 9.17) is 22.1 Å². The van der Waals surface area contributed by atoms with E-state index in [-0.39, 0.29) is 6.04 Å². The summed E-state index contributed by atoms with van der Waals surface area (Å²) in [5.41, 5.74) is 6.81. The number of nitrogens with zero attached hydrogens (tertiary/aromatic N) is 2. The maximum Gasteiger partial charge on any atom is 0.124 e. The van der Waals surface area contributed by atoms with Crippen molar-refractivity contribution in [1.82, 2.24) is 9.78 Å². The first-order chi connectivity index (χ1) is 8.26. The minimum absolute atomic E-state index is 0.0707. The van der Waals surface area contributed by atoms with Crippen molar-refractivity contribution >= 4 is 11.6 Å². The highest BCUT2D eigenvalue weighted by Gasteiger charge is 2.16. The minimum atomic E-state index is -0.0707. The van der Waals surface area contributed by atoms with Gasteiger partial charge in [-0.3, -0.25) is 4.68 Å². The Labute approximate surface area is 105 Å². The summed E-state index contributed by atoms with van der Waals surface area (Å²) in [5, 5.41) is 4.78. The number of benzene rings is 1. The molecule has 0 amide bonds. The van der Waals surface area contributed by atoms with Gasteiger partial charge in [-0.2, -0.15) is 5.10 Å². The highest BCUT2D eigenvalue weighted by Crippen LogP contribution is 2.27. The predicted molar refractivity (Wildman–Crippen MR) is 67.4 cm³/mol. The molecule has 4 nitrogen and oxygen atoms in total. The molecule has 2 N–H and O–H groups in total. The van der Waals surface area contributed by atoms with Gasteiger partial charge in [-0.1, -0.05) is 29.8 Å². The molecule has 0 aliphatic rings. The Morgan fingerprint density at radius 2 is 2.24 bits per heavy atom. The van der Waals surface area contributed by atoms with E-state index < -0.39 is 0 Å². The zero-order valence-corrected chi connectivity index (χ0v) is 10.3. The third-order valence-corrected chi connectivity index (χ3v) is 2.81. The second-order valence-electron chi connectivity index (χ2n) is 3.63. The molecule has 0 bridgehead atoms. The van der Waals surface area contributed by atoms with Crippen LogP contribution >= 0.6 is 11.6 Å². The molecule has 0 spiro atoms. The molecule has 90 valence electrons. The van der Waals surface area contributed by atoms with Crippen LogP contribution in [-0.4, -0.2) is 23.4 Å². The molecule has 0 fully saturated rings. The largest absolute Gasteiger partial charge is 0.496 e. The molecule has 2 rings (SSSR count). The van der Waals surface area contributed by atoms with Gasteiger partial charge < -0.3 is 10.5 Å². The van der Waals surface area contributed by atoms with Gasteiger partial charge in [-0.25, -0.2) is 0 Å². The van der Waals surface area contributed by atoms with Gasteiger partial charge in [0.05, 0.1) is 24.4 Å². The molecular formula is C12H14ClN3O. The van der Waals surface area contributed by atoms with Crippen molar-refractivity contribution in [2.75, 3.05) is 13.7 Å². The quantitative estimate of drug-likeness (QED) is 0.905. The van der Waals surface area contributed by atoms with Crippen LogP contribution in [-0.2, 0) is 0 Å². The zero-order valence-electron chi connectivity index (χ0n) is 9.51. The Bertz CT molecular complexity index is 498. The summed E-state index contributed by atoms with van der Waals surface area (Å²) in [4.78, 5) is 0. The van der Waals surface area contributed by atoms with E-state index in [1.165, 1.54) is 0 Å². The molecule has 1 aromatic carbocycles. The average molecular weight is 252 g/mol. The van der Waals surface area contributed by atoms with Crippen LogP contribution in [0.5, 0.6) is 5.75 Å². The average Bonchev–Trinajstić information content (AvgIpc) is 2.77. The number of aromatic nitrogens is 2. The number of methoxy groups -OCH3 is 1. The Balaban J connectivity index is 2.41. The standard InChI is InChI=1S/C12H14ClN3O/c1-17-12-5-3-2-4-10(12)11(6-14)16-8-9(13)7-15-16/h2-5,7-8,11H,6,14H2,1H3. The van der Waals surface area contributed by atoms with Crippen LogP contribution in [0.1, 0.15) is 11.6 Å². The van der Waals surface area contributed by atoms with Gasteiger partial charge in [0.25, 0.3) is 0 Å². The molecule has 17 heavy (non-hydrogen) atoms. The Morgan fingerprint density at radius 3 is 2.82 bits per heavy atom. The van der Waals surface area contributed by atoms with Crippen molar-refractivity contribution in [3.63, 3.8) is 0 Å². The molecule has 1 atom stereocenters. The molecule has 5 heteroatoms. The summed E-state index contributed by atoms with van der Waals surface area (Å²) in [6.07, 6.45) is 3.35. The lowest BCUT2D eigenvalue weighted by molar-refractivity contribution is 0.398. The molecule has 2 aromatic rings. The first-order valence-electron chi connectivity index (χ1n) is 5.29. The predicted octanol–water partition coefficient (Wildman–Crippen LogP) is 2.09. The van der Waals surface area contributed by atoms with Crippen LogP contribution in [0.25, 0.3) is 0 Å². The van der Waals surface area contributed by atoms with Crippen LogP contribution in [0.15, 0.2) is 36.7 Å². The molecular weight excluding hydrogens is 238 g/mol. The zero-order chi connectivity index (χ0) is 12.3. The molecule has 0 saturated carbocycles. The number of rotatable bonds is 4. The summed E-state index contributed by atoms with van der Waals surface area (Å²) >= 11 is 5.87. The van der Waals surface area contributed by atoms with E-state index in [1.807, 2.05) is 24.3 Å². The summed E-state index contributed by atoms with van der Waals surface area (Å²) in [7, 11) is 1.64. The summed E-state index contributed by atoms with van der Waals surface area (Å²) in [6, 6.07) is 7.69. The van der Waals surface area contributed by atoms with E-state index >= 15 is 0 Å². The van der Waals surface area contributed by atoms with Gasteiger partial charge in [0.2, 0.25) is 0 Å². The Morgan fingerprint density at radius 1 is 1.47 bits per heavy atom. The van der Waals surface area contributed by atoms with E-state index in [1.54, 1.807) is 24.2 Å². The van der Waals surface area contributed by atoms with Crippen molar-refractivity contribution in [3.8, 4) is 5.75 Å². The number of hydrogen-bond acceptors (Lipinski definition) is 3. The van der Waals surface area contributed by atoms with Crippen molar-refractivity contribution in [2.45, 2.75) is 6.04 Å². The highest BCUT2D eigenvalue weighted by molar-refractivity contribution is 6.30. The SMILES string of the molecule is COc1ccccc1C(CN)n1cc(Cl)cn1. The van der Waals surface area contributed by atoms with Gasteiger partial charge in [0.15, 0.2) is 0 Å². The Kier molecular flexibility index (Phi) is 3.66. The Hall–Kier alpha value is -1.52. The first-order valence-corrected chi connectivity index (χ1v) is 5.66. The van der Waals surface area contributed by atoms with E-state index in [2.05, 4.69) is 5.10 Å². The molecule has 1 aromatic heterocycles. The number of ether oxygens (including phenoxy) is 1. The third-order valence-electron chi connectivity index (χ3n) is 2.61. The fraction of sp³-hybridized carbons (Fsp3) is 0.250. The molecule has 1 unspecified atom stereocenters.